The molecule has 3 nitrogen and oxygen atoms in total. The Morgan fingerprint density at radius 3 is 2.84 bits per heavy atom. The van der Waals surface area contributed by atoms with Gasteiger partial charge in [-0.25, -0.2) is 0 Å². The number of methoxy groups -OCH3 is 1. The Kier molecular flexibility index (Phi) is 4.32. The summed E-state index contributed by atoms with van der Waals surface area (Å²) in [6.07, 6.45) is 1.99. The summed E-state index contributed by atoms with van der Waals surface area (Å²) in [4.78, 5) is 16.6. The second-order valence-corrected chi connectivity index (χ2v) is 5.07. The predicted octanol–water partition coefficient (Wildman–Crippen LogP) is 3.59. The molecule has 0 aliphatic heterocycles. The number of hydrogen-bond donors (Lipinski definition) is 0. The zero-order chi connectivity index (χ0) is 13.8. The number of carbonyl (C=O) groups excluding carboxylic acids is 1. The van der Waals surface area contributed by atoms with E-state index in [4.69, 9.17) is 4.74 Å². The van der Waals surface area contributed by atoms with Gasteiger partial charge in [0.25, 0.3) is 0 Å². The van der Waals surface area contributed by atoms with Gasteiger partial charge in [-0.3, -0.25) is 9.78 Å². The van der Waals surface area contributed by atoms with Crippen LogP contribution in [0.25, 0.3) is 0 Å². The maximum atomic E-state index is 12.3. The van der Waals surface area contributed by atoms with Crippen molar-refractivity contribution in [2.75, 3.05) is 7.11 Å². The molecule has 1 heterocycles. The van der Waals surface area contributed by atoms with Crippen LogP contribution in [0.5, 0.6) is 5.75 Å². The van der Waals surface area contributed by atoms with Crippen LogP contribution in [0, 0.1) is 6.92 Å². The molecule has 1 aromatic heterocycles. The van der Waals surface area contributed by atoms with Crippen LogP contribution >= 0.6 is 15.9 Å². The Morgan fingerprint density at radius 2 is 2.16 bits per heavy atom. The van der Waals surface area contributed by atoms with Gasteiger partial charge in [0.15, 0.2) is 5.78 Å². The van der Waals surface area contributed by atoms with E-state index in [2.05, 4.69) is 20.9 Å². The molecule has 0 saturated carbocycles. The average Bonchev–Trinajstić information content (AvgIpc) is 2.42. The SMILES string of the molecule is COc1ccc(Br)c(C(=O)Cc2ncccc2C)c1. The molecule has 0 spiro atoms. The number of halogens is 1. The number of ketones is 1. The zero-order valence-electron chi connectivity index (χ0n) is 10.8. The molecule has 98 valence electrons. The first-order valence-corrected chi connectivity index (χ1v) is 6.68. The minimum atomic E-state index is 0.0209. The maximum Gasteiger partial charge on any atom is 0.170 e. The standard InChI is InChI=1S/C15H14BrNO2/c1-10-4-3-7-17-14(10)9-15(18)12-8-11(19-2)5-6-13(12)16/h3-8H,9H2,1-2H3. The number of Topliss-reactive ketones (excluding diaryl/α,β-unsaturated/α-hetero) is 1. The molecule has 0 saturated heterocycles. The molecule has 0 bridgehead atoms. The lowest BCUT2D eigenvalue weighted by molar-refractivity contribution is 0.0990. The van der Waals surface area contributed by atoms with Gasteiger partial charge >= 0.3 is 0 Å². The van der Waals surface area contributed by atoms with E-state index in [0.29, 0.717) is 17.7 Å². The molecule has 19 heavy (non-hydrogen) atoms. The Bertz CT molecular complexity index is 611. The second kappa shape index (κ2) is 5.97. The third-order valence-electron chi connectivity index (χ3n) is 2.92. The average molecular weight is 320 g/mol. The van der Waals surface area contributed by atoms with E-state index in [-0.39, 0.29) is 5.78 Å². The fourth-order valence-corrected chi connectivity index (χ4v) is 2.26. The van der Waals surface area contributed by atoms with Crippen LogP contribution < -0.4 is 4.74 Å². The first kappa shape index (κ1) is 13.7. The van der Waals surface area contributed by atoms with Crippen LogP contribution in [-0.4, -0.2) is 17.9 Å². The van der Waals surface area contributed by atoms with Crippen molar-refractivity contribution < 1.29 is 9.53 Å². The Labute approximate surface area is 120 Å². The molecule has 0 fully saturated rings. The molecular formula is C15H14BrNO2. The van der Waals surface area contributed by atoms with Crippen LogP contribution in [0.3, 0.4) is 0 Å². The monoisotopic (exact) mass is 319 g/mol. The highest BCUT2D eigenvalue weighted by Gasteiger charge is 2.13. The van der Waals surface area contributed by atoms with Crippen molar-refractivity contribution in [2.45, 2.75) is 13.3 Å². The summed E-state index contributed by atoms with van der Waals surface area (Å²) in [5.41, 5.74) is 2.45. The molecule has 0 radical (unpaired) electrons. The largest absolute Gasteiger partial charge is 0.497 e. The van der Waals surface area contributed by atoms with E-state index in [0.717, 1.165) is 15.7 Å². The van der Waals surface area contributed by atoms with Gasteiger partial charge < -0.3 is 4.74 Å². The Balaban J connectivity index is 2.28. The highest BCUT2D eigenvalue weighted by Crippen LogP contribution is 2.24. The minimum Gasteiger partial charge on any atom is -0.497 e. The van der Waals surface area contributed by atoms with Crippen molar-refractivity contribution in [3.05, 3.63) is 57.8 Å². The molecule has 2 aromatic rings. The van der Waals surface area contributed by atoms with Gasteiger partial charge in [0.05, 0.1) is 19.2 Å². The van der Waals surface area contributed by atoms with E-state index < -0.39 is 0 Å². The van der Waals surface area contributed by atoms with E-state index in [9.17, 15) is 4.79 Å². The first-order valence-electron chi connectivity index (χ1n) is 5.89. The van der Waals surface area contributed by atoms with Crippen LogP contribution in [0.15, 0.2) is 41.0 Å². The quantitative estimate of drug-likeness (QED) is 0.808. The number of rotatable bonds is 4. The van der Waals surface area contributed by atoms with Gasteiger partial charge in [-0.15, -0.1) is 0 Å². The summed E-state index contributed by atoms with van der Waals surface area (Å²) in [5, 5.41) is 0. The number of hydrogen-bond acceptors (Lipinski definition) is 3. The number of aromatic nitrogens is 1. The molecule has 0 unspecified atom stereocenters. The molecule has 0 N–H and O–H groups in total. The smallest absolute Gasteiger partial charge is 0.170 e. The van der Waals surface area contributed by atoms with Crippen molar-refractivity contribution in [1.82, 2.24) is 4.98 Å². The number of benzene rings is 1. The maximum absolute atomic E-state index is 12.3. The van der Waals surface area contributed by atoms with Gasteiger partial charge in [0, 0.05) is 16.2 Å². The Morgan fingerprint density at radius 1 is 1.37 bits per heavy atom. The van der Waals surface area contributed by atoms with Crippen LogP contribution in [0.4, 0.5) is 0 Å². The molecule has 0 aliphatic carbocycles. The predicted molar refractivity (Wildman–Crippen MR) is 77.7 cm³/mol. The number of carbonyl (C=O) groups is 1. The number of aryl methyl sites for hydroxylation is 1. The van der Waals surface area contributed by atoms with E-state index >= 15 is 0 Å². The lowest BCUT2D eigenvalue weighted by Gasteiger charge is -2.07. The summed E-state index contributed by atoms with van der Waals surface area (Å²) in [6, 6.07) is 9.19. The summed E-state index contributed by atoms with van der Waals surface area (Å²) in [7, 11) is 1.58. The van der Waals surface area contributed by atoms with Crippen LogP contribution in [-0.2, 0) is 6.42 Å². The summed E-state index contributed by atoms with van der Waals surface area (Å²) >= 11 is 3.40. The molecule has 2 rings (SSSR count). The second-order valence-electron chi connectivity index (χ2n) is 4.21. The van der Waals surface area contributed by atoms with Crippen molar-refractivity contribution in [1.29, 1.82) is 0 Å². The number of nitrogens with zero attached hydrogens (tertiary/aromatic N) is 1. The fourth-order valence-electron chi connectivity index (χ4n) is 1.80. The normalized spacial score (nSPS) is 10.3. The van der Waals surface area contributed by atoms with E-state index in [1.165, 1.54) is 0 Å². The summed E-state index contributed by atoms with van der Waals surface area (Å²) in [6.45, 7) is 1.95. The molecule has 4 heteroatoms. The van der Waals surface area contributed by atoms with Crippen LogP contribution in [0.2, 0.25) is 0 Å². The van der Waals surface area contributed by atoms with Gasteiger partial charge in [-0.05, 0) is 36.8 Å². The van der Waals surface area contributed by atoms with Gasteiger partial charge in [0.2, 0.25) is 0 Å². The van der Waals surface area contributed by atoms with Gasteiger partial charge in [0.1, 0.15) is 5.75 Å². The third-order valence-corrected chi connectivity index (χ3v) is 3.61. The van der Waals surface area contributed by atoms with Crippen molar-refractivity contribution in [3.8, 4) is 5.75 Å². The summed E-state index contributed by atoms with van der Waals surface area (Å²) in [5.74, 6) is 0.692. The molecule has 0 amide bonds. The Hall–Kier alpha value is -1.68. The fraction of sp³-hybridized carbons (Fsp3) is 0.200. The number of ether oxygens (including phenoxy) is 1. The minimum absolute atomic E-state index is 0.0209. The molecule has 1 aromatic carbocycles. The molecule has 0 atom stereocenters. The zero-order valence-corrected chi connectivity index (χ0v) is 12.4. The van der Waals surface area contributed by atoms with E-state index in [1.807, 2.05) is 31.2 Å². The molecule has 0 aliphatic rings. The van der Waals surface area contributed by atoms with Crippen LogP contribution in [0.1, 0.15) is 21.6 Å². The number of pyridine rings is 1. The van der Waals surface area contributed by atoms with Gasteiger partial charge in [-0.2, -0.15) is 0 Å². The molecular weight excluding hydrogens is 306 g/mol. The highest BCUT2D eigenvalue weighted by atomic mass is 79.9. The van der Waals surface area contributed by atoms with Crippen molar-refractivity contribution >= 4 is 21.7 Å². The van der Waals surface area contributed by atoms with Crippen molar-refractivity contribution in [3.63, 3.8) is 0 Å². The highest BCUT2D eigenvalue weighted by molar-refractivity contribution is 9.10. The van der Waals surface area contributed by atoms with E-state index in [1.54, 1.807) is 19.4 Å². The van der Waals surface area contributed by atoms with Gasteiger partial charge in [-0.1, -0.05) is 22.0 Å². The third kappa shape index (κ3) is 3.20. The lowest BCUT2D eigenvalue weighted by atomic mass is 10.0. The van der Waals surface area contributed by atoms with Crippen molar-refractivity contribution in [2.24, 2.45) is 0 Å². The first-order chi connectivity index (χ1) is 9.11. The topological polar surface area (TPSA) is 39.2 Å². The summed E-state index contributed by atoms with van der Waals surface area (Å²) < 4.78 is 5.92. The lowest BCUT2D eigenvalue weighted by Crippen LogP contribution is -2.07.